The zero-order valence-electron chi connectivity index (χ0n) is 14.5. The van der Waals surface area contributed by atoms with Crippen molar-refractivity contribution in [3.05, 3.63) is 82.3 Å². The average molecular weight is 389 g/mol. The molecular weight excluding hydrogens is 375 g/mol. The second-order valence-electron chi connectivity index (χ2n) is 5.68. The number of aromatic nitrogens is 2. The summed E-state index contributed by atoms with van der Waals surface area (Å²) in [4.78, 5) is 24.8. The molecule has 0 aliphatic heterocycles. The number of ether oxygens (including phenoxy) is 1. The lowest BCUT2D eigenvalue weighted by Crippen LogP contribution is -2.26. The highest BCUT2D eigenvalue weighted by Crippen LogP contribution is 2.30. The molecule has 144 valence electrons. The minimum Gasteiger partial charge on any atom is -0.494 e. The summed E-state index contributed by atoms with van der Waals surface area (Å²) in [6.45, 7) is 0. The Labute approximate surface area is 157 Å². The normalized spacial score (nSPS) is 11.1. The summed E-state index contributed by atoms with van der Waals surface area (Å²) >= 11 is 0. The summed E-state index contributed by atoms with van der Waals surface area (Å²) < 4.78 is 44.0. The molecule has 0 saturated heterocycles. The van der Waals surface area contributed by atoms with Gasteiger partial charge in [-0.25, -0.2) is 0 Å². The van der Waals surface area contributed by atoms with Crippen molar-refractivity contribution in [3.8, 4) is 11.4 Å². The quantitative estimate of drug-likeness (QED) is 0.741. The van der Waals surface area contributed by atoms with E-state index < -0.39 is 23.2 Å². The van der Waals surface area contributed by atoms with E-state index in [0.29, 0.717) is 5.69 Å². The maximum atomic E-state index is 12.6. The van der Waals surface area contributed by atoms with Crippen LogP contribution in [0.3, 0.4) is 0 Å². The van der Waals surface area contributed by atoms with Gasteiger partial charge in [-0.3, -0.25) is 9.59 Å². The summed E-state index contributed by atoms with van der Waals surface area (Å²) in [5.74, 6) is -0.789. The minimum atomic E-state index is -4.47. The number of carbonyl (C=O) groups is 1. The summed E-state index contributed by atoms with van der Waals surface area (Å²) in [6.07, 6.45) is -4.47. The number of nitrogens with one attached hydrogen (secondary N) is 1. The Morgan fingerprint density at radius 2 is 1.71 bits per heavy atom. The Morgan fingerprint density at radius 1 is 1.07 bits per heavy atom. The van der Waals surface area contributed by atoms with Gasteiger partial charge in [-0.05, 0) is 36.4 Å². The summed E-state index contributed by atoms with van der Waals surface area (Å²) in [6, 6.07) is 13.5. The van der Waals surface area contributed by atoms with Crippen molar-refractivity contribution in [1.82, 2.24) is 9.78 Å². The molecule has 0 spiro atoms. The zero-order chi connectivity index (χ0) is 20.3. The molecule has 1 amide bonds. The third-order valence-corrected chi connectivity index (χ3v) is 3.80. The topological polar surface area (TPSA) is 73.2 Å². The number of anilines is 1. The van der Waals surface area contributed by atoms with E-state index in [4.69, 9.17) is 4.74 Å². The lowest BCUT2D eigenvalue weighted by atomic mass is 10.2. The number of methoxy groups -OCH3 is 1. The first-order valence-corrected chi connectivity index (χ1v) is 8.02. The number of halogens is 3. The van der Waals surface area contributed by atoms with Gasteiger partial charge in [0, 0.05) is 5.69 Å². The van der Waals surface area contributed by atoms with Crippen LogP contribution in [0.15, 0.2) is 65.5 Å². The van der Waals surface area contributed by atoms with Crippen LogP contribution in [-0.4, -0.2) is 22.8 Å². The predicted molar refractivity (Wildman–Crippen MR) is 95.8 cm³/mol. The number of alkyl halides is 3. The number of amides is 1. The molecule has 9 heteroatoms. The van der Waals surface area contributed by atoms with Gasteiger partial charge in [-0.2, -0.15) is 23.0 Å². The van der Waals surface area contributed by atoms with Gasteiger partial charge in [0.1, 0.15) is 0 Å². The highest BCUT2D eigenvalue weighted by atomic mass is 19.4. The number of benzene rings is 2. The third kappa shape index (κ3) is 4.03. The number of hydrogen-bond donors (Lipinski definition) is 1. The van der Waals surface area contributed by atoms with Crippen LogP contribution in [0, 0.1) is 0 Å². The standard InChI is InChI=1S/C19H14F3N3O3/c1-28-15-11-16(26)25(14-5-3-2-4-6-14)24-17(15)18(27)23-13-9-7-12(8-10-13)19(20,21)22/h2-11H,1H3,(H,23,27). The molecule has 0 bridgehead atoms. The molecule has 0 radical (unpaired) electrons. The van der Waals surface area contributed by atoms with Crippen molar-refractivity contribution in [2.45, 2.75) is 6.18 Å². The van der Waals surface area contributed by atoms with Crippen LogP contribution in [0.4, 0.5) is 18.9 Å². The molecule has 28 heavy (non-hydrogen) atoms. The van der Waals surface area contributed by atoms with Crippen molar-refractivity contribution in [3.63, 3.8) is 0 Å². The Morgan fingerprint density at radius 3 is 2.29 bits per heavy atom. The van der Waals surface area contributed by atoms with E-state index in [2.05, 4.69) is 10.4 Å². The molecule has 1 aromatic heterocycles. The zero-order valence-corrected chi connectivity index (χ0v) is 14.5. The lowest BCUT2D eigenvalue weighted by molar-refractivity contribution is -0.137. The third-order valence-electron chi connectivity index (χ3n) is 3.80. The molecule has 1 heterocycles. The largest absolute Gasteiger partial charge is 0.494 e. The summed E-state index contributed by atoms with van der Waals surface area (Å²) in [7, 11) is 1.28. The van der Waals surface area contributed by atoms with Crippen molar-refractivity contribution >= 4 is 11.6 Å². The highest BCUT2D eigenvalue weighted by Gasteiger charge is 2.30. The lowest BCUT2D eigenvalue weighted by Gasteiger charge is -2.12. The first-order valence-electron chi connectivity index (χ1n) is 8.02. The van der Waals surface area contributed by atoms with Gasteiger partial charge >= 0.3 is 6.18 Å². The second kappa shape index (κ2) is 7.55. The predicted octanol–water partition coefficient (Wildman–Crippen LogP) is 3.51. The molecule has 3 aromatic rings. The average Bonchev–Trinajstić information content (AvgIpc) is 2.68. The maximum Gasteiger partial charge on any atom is 0.416 e. The molecule has 3 rings (SSSR count). The maximum absolute atomic E-state index is 12.6. The number of nitrogens with zero attached hydrogens (tertiary/aromatic N) is 2. The SMILES string of the molecule is COc1cc(=O)n(-c2ccccc2)nc1C(=O)Nc1ccc(C(F)(F)F)cc1. The van der Waals surface area contributed by atoms with Crippen LogP contribution in [0.2, 0.25) is 0 Å². The van der Waals surface area contributed by atoms with Crippen molar-refractivity contribution in [2.75, 3.05) is 12.4 Å². The van der Waals surface area contributed by atoms with Crippen LogP contribution in [-0.2, 0) is 6.18 Å². The smallest absolute Gasteiger partial charge is 0.416 e. The van der Waals surface area contributed by atoms with E-state index in [-0.39, 0.29) is 17.1 Å². The fourth-order valence-corrected chi connectivity index (χ4v) is 2.44. The Kier molecular flexibility index (Phi) is 5.16. The molecule has 0 unspecified atom stereocenters. The van der Waals surface area contributed by atoms with E-state index in [0.717, 1.165) is 35.0 Å². The molecule has 0 atom stereocenters. The van der Waals surface area contributed by atoms with Crippen LogP contribution < -0.4 is 15.6 Å². The summed E-state index contributed by atoms with van der Waals surface area (Å²) in [5.41, 5.74) is -0.947. The molecule has 6 nitrogen and oxygen atoms in total. The van der Waals surface area contributed by atoms with E-state index in [1.54, 1.807) is 30.3 Å². The second-order valence-corrected chi connectivity index (χ2v) is 5.68. The first kappa shape index (κ1) is 19.2. The summed E-state index contributed by atoms with van der Waals surface area (Å²) in [5, 5.41) is 6.50. The Bertz CT molecular complexity index is 1050. The monoisotopic (exact) mass is 389 g/mol. The number of carbonyl (C=O) groups excluding carboxylic acids is 1. The van der Waals surface area contributed by atoms with Crippen LogP contribution >= 0.6 is 0 Å². The van der Waals surface area contributed by atoms with Crippen LogP contribution in [0.25, 0.3) is 5.69 Å². The molecule has 0 aliphatic carbocycles. The Balaban J connectivity index is 1.93. The molecule has 1 N–H and O–H groups in total. The Hall–Kier alpha value is -3.62. The fraction of sp³-hybridized carbons (Fsp3) is 0.105. The molecule has 0 saturated carbocycles. The minimum absolute atomic E-state index is 0.0541. The van der Waals surface area contributed by atoms with Gasteiger partial charge in [0.2, 0.25) is 0 Å². The fourth-order valence-electron chi connectivity index (χ4n) is 2.44. The van der Waals surface area contributed by atoms with Crippen LogP contribution in [0.1, 0.15) is 16.1 Å². The first-order chi connectivity index (χ1) is 13.3. The van der Waals surface area contributed by atoms with E-state index in [9.17, 15) is 22.8 Å². The van der Waals surface area contributed by atoms with Gasteiger partial charge < -0.3 is 10.1 Å². The van der Waals surface area contributed by atoms with Gasteiger partial charge in [0.15, 0.2) is 11.4 Å². The van der Waals surface area contributed by atoms with Gasteiger partial charge in [0.25, 0.3) is 11.5 Å². The molecule has 0 fully saturated rings. The van der Waals surface area contributed by atoms with Crippen LogP contribution in [0.5, 0.6) is 5.75 Å². The molecule has 2 aromatic carbocycles. The van der Waals surface area contributed by atoms with Gasteiger partial charge in [0.05, 0.1) is 24.4 Å². The highest BCUT2D eigenvalue weighted by molar-refractivity contribution is 6.04. The van der Waals surface area contributed by atoms with E-state index in [1.807, 2.05) is 0 Å². The van der Waals surface area contributed by atoms with E-state index in [1.165, 1.54) is 7.11 Å². The number of hydrogen-bond acceptors (Lipinski definition) is 4. The van der Waals surface area contributed by atoms with Gasteiger partial charge in [-0.1, -0.05) is 18.2 Å². The van der Waals surface area contributed by atoms with Crippen molar-refractivity contribution in [2.24, 2.45) is 0 Å². The van der Waals surface area contributed by atoms with Gasteiger partial charge in [-0.15, -0.1) is 0 Å². The molecule has 0 aliphatic rings. The van der Waals surface area contributed by atoms with Crippen molar-refractivity contribution in [1.29, 1.82) is 0 Å². The number of para-hydroxylation sites is 1. The molecular formula is C19H14F3N3O3. The number of rotatable bonds is 4. The van der Waals surface area contributed by atoms with E-state index >= 15 is 0 Å². The van der Waals surface area contributed by atoms with Crippen molar-refractivity contribution < 1.29 is 22.7 Å².